The summed E-state index contributed by atoms with van der Waals surface area (Å²) in [5.41, 5.74) is 0. The third-order valence-corrected chi connectivity index (χ3v) is 0.565. The molecule has 0 bridgehead atoms. The van der Waals surface area contributed by atoms with Gasteiger partial charge >= 0.3 is 0 Å². The van der Waals surface area contributed by atoms with Gasteiger partial charge in [-0.1, -0.05) is 6.92 Å². The van der Waals surface area contributed by atoms with Crippen LogP contribution in [0.4, 0.5) is 0 Å². The predicted molar refractivity (Wildman–Crippen MR) is 30.1 cm³/mol. The second-order valence-corrected chi connectivity index (χ2v) is 1.35. The minimum absolute atomic E-state index is 0.649. The fourth-order valence-corrected chi connectivity index (χ4v) is 0.255. The lowest BCUT2D eigenvalue weighted by Crippen LogP contribution is -2.29. The summed E-state index contributed by atoms with van der Waals surface area (Å²) in [6.07, 6.45) is 0. The maximum atomic E-state index is 5.14. The summed E-state index contributed by atoms with van der Waals surface area (Å²) in [7, 11) is 0. The molecule has 0 aliphatic carbocycles. The predicted octanol–water partition coefficient (Wildman–Crippen LogP) is -0.860. The minimum atomic E-state index is 0.649. The van der Waals surface area contributed by atoms with Crippen molar-refractivity contribution in [1.29, 1.82) is 0 Å². The van der Waals surface area contributed by atoms with E-state index in [9.17, 15) is 0 Å². The summed E-state index contributed by atoms with van der Waals surface area (Å²) in [6.45, 7) is 7.02. The van der Waals surface area contributed by atoms with Crippen LogP contribution in [-0.2, 0) is 0 Å². The molecule has 3 N–H and O–H groups in total. The Hall–Kier alpha value is -0.570. The first kappa shape index (κ1) is 6.43. The van der Waals surface area contributed by atoms with Gasteiger partial charge in [-0.15, -0.1) is 4.68 Å². The van der Waals surface area contributed by atoms with Crippen molar-refractivity contribution in [2.75, 3.05) is 13.2 Å². The second-order valence-electron chi connectivity index (χ2n) is 1.35. The average Bonchev–Trinajstić information content (AvgIpc) is 1.61. The van der Waals surface area contributed by atoms with Crippen molar-refractivity contribution >= 4 is 6.72 Å². The van der Waals surface area contributed by atoms with Crippen LogP contribution in [0, 0.1) is 0 Å². The Morgan fingerprint density at radius 3 is 2.57 bits per heavy atom. The van der Waals surface area contributed by atoms with Crippen LogP contribution in [0.15, 0.2) is 0 Å². The van der Waals surface area contributed by atoms with Gasteiger partial charge in [0.25, 0.3) is 0 Å². The highest BCUT2D eigenvalue weighted by Crippen LogP contribution is 1.51. The van der Waals surface area contributed by atoms with Crippen LogP contribution in [0.3, 0.4) is 0 Å². The van der Waals surface area contributed by atoms with Gasteiger partial charge in [0, 0.05) is 0 Å². The van der Waals surface area contributed by atoms with Crippen molar-refractivity contribution in [3.8, 4) is 0 Å². The first-order valence-corrected chi connectivity index (χ1v) is 2.30. The Morgan fingerprint density at radius 2 is 2.43 bits per heavy atom. The van der Waals surface area contributed by atoms with Crippen LogP contribution in [0.25, 0.3) is 0 Å². The lowest BCUT2D eigenvalue weighted by molar-refractivity contribution is -0.536. The van der Waals surface area contributed by atoms with Crippen molar-refractivity contribution in [3.05, 3.63) is 0 Å². The van der Waals surface area contributed by atoms with Gasteiger partial charge in [-0.3, -0.25) is 5.32 Å². The van der Waals surface area contributed by atoms with Crippen LogP contribution in [-0.4, -0.2) is 24.6 Å². The van der Waals surface area contributed by atoms with Crippen molar-refractivity contribution in [3.63, 3.8) is 0 Å². The normalized spacial score (nSPS) is 8.71. The molecule has 0 saturated carbocycles. The molecule has 0 saturated heterocycles. The average molecular weight is 102 g/mol. The Morgan fingerprint density at radius 1 is 1.86 bits per heavy atom. The Bertz CT molecular complexity index is 60.0. The van der Waals surface area contributed by atoms with E-state index in [-0.39, 0.29) is 0 Å². The number of rotatable bonds is 3. The van der Waals surface area contributed by atoms with E-state index in [1.165, 1.54) is 4.68 Å². The smallest absolute Gasteiger partial charge is 0.224 e. The van der Waals surface area contributed by atoms with Gasteiger partial charge in [0.05, 0.1) is 0 Å². The molecule has 0 amide bonds. The van der Waals surface area contributed by atoms with Gasteiger partial charge in [-0.2, -0.15) is 0 Å². The summed E-state index contributed by atoms with van der Waals surface area (Å²) in [6, 6.07) is 0. The molecule has 0 rings (SSSR count). The highest BCUT2D eigenvalue weighted by atomic mass is 15.3. The van der Waals surface area contributed by atoms with Gasteiger partial charge in [0.1, 0.15) is 0 Å². The summed E-state index contributed by atoms with van der Waals surface area (Å²) < 4.78 is 1.35. The van der Waals surface area contributed by atoms with Crippen LogP contribution in [0.2, 0.25) is 0 Å². The fourth-order valence-electron chi connectivity index (χ4n) is 0.255. The first-order chi connectivity index (χ1) is 3.27. The highest BCUT2D eigenvalue weighted by molar-refractivity contribution is 5.13. The Kier molecular flexibility index (Phi) is 3.32. The number of hydrazine groups is 1. The highest BCUT2D eigenvalue weighted by Gasteiger charge is 1.84. The van der Waals surface area contributed by atoms with E-state index < -0.39 is 0 Å². The van der Waals surface area contributed by atoms with E-state index in [4.69, 9.17) is 5.84 Å². The molecule has 0 aromatic heterocycles. The zero-order chi connectivity index (χ0) is 5.70. The molecule has 3 heteroatoms. The molecule has 0 spiro atoms. The lowest BCUT2D eigenvalue weighted by atomic mass is 10.7. The van der Waals surface area contributed by atoms with Crippen molar-refractivity contribution in [2.24, 2.45) is 5.84 Å². The summed E-state index contributed by atoms with van der Waals surface area (Å²) in [4.78, 5) is 0. The number of hydrogen-bond donors (Lipinski definition) is 2. The molecule has 0 aliphatic rings. The topological polar surface area (TPSA) is 41.1 Å². The minimum Gasteiger partial charge on any atom is -0.260 e. The second kappa shape index (κ2) is 3.61. The molecule has 42 valence electrons. The molecule has 0 fully saturated rings. The maximum absolute atomic E-state index is 5.14. The first-order valence-electron chi connectivity index (χ1n) is 2.30. The van der Waals surface area contributed by atoms with Gasteiger partial charge < -0.3 is 0 Å². The van der Waals surface area contributed by atoms with Gasteiger partial charge in [0.15, 0.2) is 6.72 Å². The van der Waals surface area contributed by atoms with Crippen molar-refractivity contribution in [1.82, 2.24) is 5.32 Å². The van der Waals surface area contributed by atoms with E-state index in [2.05, 4.69) is 12.0 Å². The van der Waals surface area contributed by atoms with Gasteiger partial charge in [-0.25, -0.2) is 5.84 Å². The van der Waals surface area contributed by atoms with Crippen LogP contribution >= 0.6 is 0 Å². The number of nitrogens with two attached hydrogens (primary N) is 1. The molecule has 7 heavy (non-hydrogen) atoms. The van der Waals surface area contributed by atoms with E-state index in [0.717, 1.165) is 6.54 Å². The monoisotopic (exact) mass is 102 g/mol. The van der Waals surface area contributed by atoms with Crippen molar-refractivity contribution in [2.45, 2.75) is 6.92 Å². The molecule has 0 atom stereocenters. The standard InChI is InChI=1S/C4H12N3/c1-3-6-4-7(2)5/h6H,2-5H2,1H3/q+1. The molecular weight excluding hydrogens is 90.1 g/mol. The summed E-state index contributed by atoms with van der Waals surface area (Å²) in [5.74, 6) is 5.14. The van der Waals surface area contributed by atoms with Crippen molar-refractivity contribution < 1.29 is 4.68 Å². The molecule has 3 nitrogen and oxygen atoms in total. The van der Waals surface area contributed by atoms with Gasteiger partial charge in [0.2, 0.25) is 6.67 Å². The lowest BCUT2D eigenvalue weighted by Gasteiger charge is -1.91. The SMILES string of the molecule is C=[N+](N)CNCC. The third kappa shape index (κ3) is 5.43. The molecule has 0 radical (unpaired) electrons. The molecular formula is C4H12N3+. The fraction of sp³-hybridized carbons (Fsp3) is 0.750. The Balaban J connectivity index is 2.82. The molecule has 0 aromatic rings. The van der Waals surface area contributed by atoms with Crippen LogP contribution < -0.4 is 11.2 Å². The molecule has 0 aliphatic heterocycles. The number of nitrogens with zero attached hydrogens (tertiary/aromatic N) is 1. The number of hydrogen-bond acceptors (Lipinski definition) is 2. The van der Waals surface area contributed by atoms with Crippen LogP contribution in [0.1, 0.15) is 6.92 Å². The van der Waals surface area contributed by atoms with Gasteiger partial charge in [-0.05, 0) is 6.54 Å². The molecule has 0 aromatic carbocycles. The largest absolute Gasteiger partial charge is 0.260 e. The van der Waals surface area contributed by atoms with E-state index >= 15 is 0 Å². The third-order valence-electron chi connectivity index (χ3n) is 0.565. The zero-order valence-corrected chi connectivity index (χ0v) is 4.65. The molecule has 0 heterocycles. The zero-order valence-electron chi connectivity index (χ0n) is 4.65. The van der Waals surface area contributed by atoms with Crippen LogP contribution in [0.5, 0.6) is 0 Å². The van der Waals surface area contributed by atoms with E-state index in [0.29, 0.717) is 6.67 Å². The number of nitrogens with one attached hydrogen (secondary N) is 1. The number of hydrazone groups is 1. The van der Waals surface area contributed by atoms with E-state index in [1.54, 1.807) is 0 Å². The maximum Gasteiger partial charge on any atom is 0.224 e. The molecule has 0 unspecified atom stereocenters. The van der Waals surface area contributed by atoms with E-state index in [1.807, 2.05) is 6.92 Å². The summed E-state index contributed by atoms with van der Waals surface area (Å²) in [5, 5.41) is 2.99. The Labute approximate surface area is 43.8 Å². The summed E-state index contributed by atoms with van der Waals surface area (Å²) >= 11 is 0. The quantitative estimate of drug-likeness (QED) is 0.160.